The Labute approximate surface area is 118 Å². The Balaban J connectivity index is 1.88. The number of benzene rings is 2. The third-order valence-corrected chi connectivity index (χ3v) is 4.19. The van der Waals surface area contributed by atoms with Crippen LogP contribution in [-0.4, -0.2) is 5.78 Å². The molecule has 0 N–H and O–H groups in total. The molecule has 1 fully saturated rings. The maximum absolute atomic E-state index is 14.0. The van der Waals surface area contributed by atoms with E-state index < -0.39 is 5.82 Å². The van der Waals surface area contributed by atoms with Gasteiger partial charge in [0.05, 0.1) is 5.56 Å². The van der Waals surface area contributed by atoms with Gasteiger partial charge in [-0.05, 0) is 42.9 Å². The van der Waals surface area contributed by atoms with Gasteiger partial charge in [-0.3, -0.25) is 4.79 Å². The summed E-state index contributed by atoms with van der Waals surface area (Å²) < 4.78 is 14.0. The van der Waals surface area contributed by atoms with Gasteiger partial charge in [-0.15, -0.1) is 0 Å². The SMILES string of the molecule is Cc1cccc(C(=O)c2ccc(C3CCC3)cc2)c1F. The highest BCUT2D eigenvalue weighted by molar-refractivity contribution is 6.09. The summed E-state index contributed by atoms with van der Waals surface area (Å²) in [6, 6.07) is 12.6. The van der Waals surface area contributed by atoms with Crippen LogP contribution in [0.4, 0.5) is 4.39 Å². The minimum absolute atomic E-state index is 0.154. The van der Waals surface area contributed by atoms with Crippen molar-refractivity contribution >= 4 is 5.78 Å². The molecule has 0 bridgehead atoms. The Morgan fingerprint density at radius 3 is 2.40 bits per heavy atom. The minimum atomic E-state index is -0.416. The van der Waals surface area contributed by atoms with Gasteiger partial charge < -0.3 is 0 Å². The predicted octanol–water partition coefficient (Wildman–Crippen LogP) is 4.63. The molecule has 20 heavy (non-hydrogen) atoms. The van der Waals surface area contributed by atoms with Crippen molar-refractivity contribution < 1.29 is 9.18 Å². The summed E-state index contributed by atoms with van der Waals surface area (Å²) in [4.78, 5) is 12.3. The molecule has 0 unspecified atom stereocenters. The topological polar surface area (TPSA) is 17.1 Å². The van der Waals surface area contributed by atoms with Crippen LogP contribution >= 0.6 is 0 Å². The second-order valence-electron chi connectivity index (χ2n) is 5.52. The van der Waals surface area contributed by atoms with Crippen LogP contribution in [-0.2, 0) is 0 Å². The van der Waals surface area contributed by atoms with E-state index in [1.807, 2.05) is 24.3 Å². The maximum atomic E-state index is 14.0. The molecule has 3 rings (SSSR count). The molecule has 2 heteroatoms. The molecule has 0 radical (unpaired) electrons. The Morgan fingerprint density at radius 1 is 1.10 bits per heavy atom. The fraction of sp³-hybridized carbons (Fsp3) is 0.278. The third-order valence-electron chi connectivity index (χ3n) is 4.19. The maximum Gasteiger partial charge on any atom is 0.195 e. The number of carbonyl (C=O) groups excluding carboxylic acids is 1. The second kappa shape index (κ2) is 5.20. The highest BCUT2D eigenvalue weighted by Gasteiger charge is 2.20. The van der Waals surface area contributed by atoms with Gasteiger partial charge in [0.1, 0.15) is 5.82 Å². The van der Waals surface area contributed by atoms with Crippen molar-refractivity contribution in [2.24, 2.45) is 0 Å². The van der Waals surface area contributed by atoms with Gasteiger partial charge in [0.15, 0.2) is 5.78 Å². The van der Waals surface area contributed by atoms with Crippen LogP contribution in [0.3, 0.4) is 0 Å². The smallest absolute Gasteiger partial charge is 0.195 e. The molecule has 102 valence electrons. The molecule has 1 nitrogen and oxygen atoms in total. The zero-order valence-corrected chi connectivity index (χ0v) is 11.5. The first-order chi connectivity index (χ1) is 9.66. The Kier molecular flexibility index (Phi) is 3.39. The average Bonchev–Trinajstić information content (AvgIpc) is 2.40. The fourth-order valence-electron chi connectivity index (χ4n) is 2.63. The quantitative estimate of drug-likeness (QED) is 0.741. The lowest BCUT2D eigenvalue weighted by atomic mass is 9.80. The Hall–Kier alpha value is -1.96. The number of ketones is 1. The van der Waals surface area contributed by atoms with Crippen LogP contribution in [0.5, 0.6) is 0 Å². The zero-order valence-electron chi connectivity index (χ0n) is 11.5. The molecule has 0 atom stereocenters. The summed E-state index contributed by atoms with van der Waals surface area (Å²) in [5.74, 6) is -0.0122. The van der Waals surface area contributed by atoms with E-state index in [4.69, 9.17) is 0 Å². The monoisotopic (exact) mass is 268 g/mol. The third kappa shape index (κ3) is 2.26. The van der Waals surface area contributed by atoms with Crippen molar-refractivity contribution in [3.8, 4) is 0 Å². The second-order valence-corrected chi connectivity index (χ2v) is 5.52. The molecule has 2 aromatic rings. The zero-order chi connectivity index (χ0) is 14.1. The normalized spacial score (nSPS) is 14.9. The van der Waals surface area contributed by atoms with Gasteiger partial charge in [0, 0.05) is 5.56 Å². The van der Waals surface area contributed by atoms with Crippen LogP contribution in [0, 0.1) is 12.7 Å². The number of aryl methyl sites for hydroxylation is 1. The van der Waals surface area contributed by atoms with Crippen LogP contribution in [0.2, 0.25) is 0 Å². The lowest BCUT2D eigenvalue weighted by molar-refractivity contribution is 0.103. The van der Waals surface area contributed by atoms with Crippen molar-refractivity contribution in [2.75, 3.05) is 0 Å². The summed E-state index contributed by atoms with van der Waals surface area (Å²) in [7, 11) is 0. The van der Waals surface area contributed by atoms with E-state index in [1.165, 1.54) is 24.8 Å². The molecule has 0 heterocycles. The first-order valence-corrected chi connectivity index (χ1v) is 7.06. The summed E-state index contributed by atoms with van der Waals surface area (Å²) >= 11 is 0. The molecular weight excluding hydrogens is 251 g/mol. The molecule has 0 aromatic heterocycles. The predicted molar refractivity (Wildman–Crippen MR) is 77.6 cm³/mol. The lowest BCUT2D eigenvalue weighted by Crippen LogP contribution is -2.09. The van der Waals surface area contributed by atoms with Crippen molar-refractivity contribution in [3.05, 3.63) is 70.5 Å². The van der Waals surface area contributed by atoms with Gasteiger partial charge in [-0.1, -0.05) is 42.8 Å². The summed E-state index contributed by atoms with van der Waals surface area (Å²) in [6.07, 6.45) is 3.76. The molecular formula is C18H17FO. The number of rotatable bonds is 3. The fourth-order valence-corrected chi connectivity index (χ4v) is 2.63. The van der Waals surface area contributed by atoms with Gasteiger partial charge >= 0.3 is 0 Å². The standard InChI is InChI=1S/C18H17FO/c1-12-4-2-7-16(17(12)19)18(20)15-10-8-14(9-11-15)13-5-3-6-13/h2,4,7-11,13H,3,5-6H2,1H3. The minimum Gasteiger partial charge on any atom is -0.288 e. The van der Waals surface area contributed by atoms with E-state index >= 15 is 0 Å². The van der Waals surface area contributed by atoms with Crippen LogP contribution in [0.15, 0.2) is 42.5 Å². The van der Waals surface area contributed by atoms with E-state index in [-0.39, 0.29) is 11.3 Å². The molecule has 2 aromatic carbocycles. The van der Waals surface area contributed by atoms with Gasteiger partial charge in [0.2, 0.25) is 0 Å². The molecule has 0 amide bonds. The van der Waals surface area contributed by atoms with Crippen molar-refractivity contribution in [2.45, 2.75) is 32.1 Å². The molecule has 0 spiro atoms. The highest BCUT2D eigenvalue weighted by atomic mass is 19.1. The summed E-state index contributed by atoms with van der Waals surface area (Å²) in [5, 5.41) is 0. The van der Waals surface area contributed by atoms with Gasteiger partial charge in [0.25, 0.3) is 0 Å². The summed E-state index contributed by atoms with van der Waals surface area (Å²) in [5.41, 5.74) is 2.50. The number of hydrogen-bond acceptors (Lipinski definition) is 1. The van der Waals surface area contributed by atoms with E-state index in [2.05, 4.69) is 0 Å². The molecule has 0 aliphatic heterocycles. The van der Waals surface area contributed by atoms with Crippen molar-refractivity contribution in [1.29, 1.82) is 0 Å². The average molecular weight is 268 g/mol. The van der Waals surface area contributed by atoms with E-state index in [1.54, 1.807) is 25.1 Å². The number of halogens is 1. The van der Waals surface area contributed by atoms with E-state index in [0.29, 0.717) is 17.0 Å². The van der Waals surface area contributed by atoms with E-state index in [0.717, 1.165) is 0 Å². The highest BCUT2D eigenvalue weighted by Crippen LogP contribution is 2.36. The van der Waals surface area contributed by atoms with E-state index in [9.17, 15) is 9.18 Å². The molecule has 0 saturated heterocycles. The summed E-state index contributed by atoms with van der Waals surface area (Å²) in [6.45, 7) is 1.67. The number of hydrogen-bond donors (Lipinski definition) is 0. The molecule has 1 aliphatic carbocycles. The van der Waals surface area contributed by atoms with Crippen LogP contribution < -0.4 is 0 Å². The first-order valence-electron chi connectivity index (χ1n) is 7.06. The molecule has 1 aliphatic rings. The largest absolute Gasteiger partial charge is 0.288 e. The number of carbonyl (C=O) groups is 1. The molecule has 1 saturated carbocycles. The van der Waals surface area contributed by atoms with Crippen molar-refractivity contribution in [1.82, 2.24) is 0 Å². The van der Waals surface area contributed by atoms with Crippen molar-refractivity contribution in [3.63, 3.8) is 0 Å². The Morgan fingerprint density at radius 2 is 1.80 bits per heavy atom. The lowest BCUT2D eigenvalue weighted by Gasteiger charge is -2.25. The first kappa shape index (κ1) is 13.0. The van der Waals surface area contributed by atoms with Crippen LogP contribution in [0.1, 0.15) is 52.2 Å². The van der Waals surface area contributed by atoms with Gasteiger partial charge in [-0.25, -0.2) is 4.39 Å². The Bertz CT molecular complexity index is 639. The van der Waals surface area contributed by atoms with Crippen LogP contribution in [0.25, 0.3) is 0 Å². The van der Waals surface area contributed by atoms with Gasteiger partial charge in [-0.2, -0.15) is 0 Å².